The summed E-state index contributed by atoms with van der Waals surface area (Å²) in [6.45, 7) is 6.13. The molecule has 1 aliphatic carbocycles. The van der Waals surface area contributed by atoms with Gasteiger partial charge in [-0.2, -0.15) is 5.10 Å². The van der Waals surface area contributed by atoms with Gasteiger partial charge < -0.3 is 0 Å². The molecule has 0 amide bonds. The molecule has 0 saturated heterocycles. The molecular formula is C15H25N3O. The first-order chi connectivity index (χ1) is 9.13. The lowest BCUT2D eigenvalue weighted by Gasteiger charge is -2.30. The molecule has 1 heterocycles. The van der Waals surface area contributed by atoms with Crippen molar-refractivity contribution < 1.29 is 4.79 Å². The van der Waals surface area contributed by atoms with E-state index in [2.05, 4.69) is 41.6 Å². The zero-order valence-electron chi connectivity index (χ0n) is 12.4. The SMILES string of the molecule is CCc1cc(CN(C)C2CCC(=O)CC2)n(CC)n1. The van der Waals surface area contributed by atoms with E-state index < -0.39 is 0 Å². The molecule has 1 saturated carbocycles. The molecule has 0 radical (unpaired) electrons. The fourth-order valence-corrected chi connectivity index (χ4v) is 2.84. The average Bonchev–Trinajstić information content (AvgIpc) is 2.81. The van der Waals surface area contributed by atoms with Gasteiger partial charge in [-0.3, -0.25) is 14.4 Å². The van der Waals surface area contributed by atoms with E-state index in [9.17, 15) is 4.79 Å². The summed E-state index contributed by atoms with van der Waals surface area (Å²) in [6.07, 6.45) is 4.51. The van der Waals surface area contributed by atoms with Gasteiger partial charge in [0.25, 0.3) is 0 Å². The number of carbonyl (C=O) groups excluding carboxylic acids is 1. The van der Waals surface area contributed by atoms with E-state index in [-0.39, 0.29) is 0 Å². The molecule has 0 bridgehead atoms. The lowest BCUT2D eigenvalue weighted by molar-refractivity contribution is -0.121. The Hall–Kier alpha value is -1.16. The van der Waals surface area contributed by atoms with Crippen molar-refractivity contribution in [2.24, 2.45) is 0 Å². The quantitative estimate of drug-likeness (QED) is 0.819. The second-order valence-electron chi connectivity index (χ2n) is 5.48. The van der Waals surface area contributed by atoms with Gasteiger partial charge in [-0.15, -0.1) is 0 Å². The molecule has 4 heteroatoms. The molecule has 106 valence electrons. The molecular weight excluding hydrogens is 238 g/mol. The summed E-state index contributed by atoms with van der Waals surface area (Å²) in [6, 6.07) is 2.76. The first-order valence-electron chi connectivity index (χ1n) is 7.41. The molecule has 1 aliphatic rings. The highest BCUT2D eigenvalue weighted by Crippen LogP contribution is 2.21. The fraction of sp³-hybridized carbons (Fsp3) is 0.733. The Kier molecular flexibility index (Phi) is 4.75. The number of rotatable bonds is 5. The van der Waals surface area contributed by atoms with Gasteiger partial charge in [-0.05, 0) is 39.3 Å². The van der Waals surface area contributed by atoms with Crippen molar-refractivity contribution in [1.29, 1.82) is 0 Å². The molecule has 0 aromatic carbocycles. The van der Waals surface area contributed by atoms with Gasteiger partial charge in [0.15, 0.2) is 0 Å². The number of hydrogen-bond donors (Lipinski definition) is 0. The van der Waals surface area contributed by atoms with Crippen molar-refractivity contribution in [3.8, 4) is 0 Å². The van der Waals surface area contributed by atoms with Gasteiger partial charge in [0.1, 0.15) is 5.78 Å². The fourth-order valence-electron chi connectivity index (χ4n) is 2.84. The minimum Gasteiger partial charge on any atom is -0.300 e. The van der Waals surface area contributed by atoms with Crippen LogP contribution in [0.3, 0.4) is 0 Å². The lowest BCUT2D eigenvalue weighted by Crippen LogP contribution is -2.35. The van der Waals surface area contributed by atoms with E-state index in [4.69, 9.17) is 0 Å². The van der Waals surface area contributed by atoms with E-state index in [0.29, 0.717) is 11.8 Å². The first kappa shape index (κ1) is 14.3. The molecule has 1 aromatic heterocycles. The molecule has 0 N–H and O–H groups in total. The summed E-state index contributed by atoms with van der Waals surface area (Å²) < 4.78 is 2.10. The van der Waals surface area contributed by atoms with E-state index in [1.54, 1.807) is 0 Å². The summed E-state index contributed by atoms with van der Waals surface area (Å²) in [5.74, 6) is 0.427. The highest BCUT2D eigenvalue weighted by Gasteiger charge is 2.22. The third-order valence-electron chi connectivity index (χ3n) is 4.12. The zero-order chi connectivity index (χ0) is 13.8. The highest BCUT2D eigenvalue weighted by molar-refractivity contribution is 5.79. The maximum Gasteiger partial charge on any atom is 0.133 e. The molecule has 0 unspecified atom stereocenters. The van der Waals surface area contributed by atoms with Crippen LogP contribution in [0.15, 0.2) is 6.07 Å². The number of aromatic nitrogens is 2. The zero-order valence-corrected chi connectivity index (χ0v) is 12.4. The monoisotopic (exact) mass is 263 g/mol. The van der Waals surface area contributed by atoms with E-state index in [0.717, 1.165) is 45.2 Å². The number of hydrogen-bond acceptors (Lipinski definition) is 3. The third-order valence-corrected chi connectivity index (χ3v) is 4.12. The highest BCUT2D eigenvalue weighted by atomic mass is 16.1. The van der Waals surface area contributed by atoms with Crippen molar-refractivity contribution >= 4 is 5.78 Å². The third kappa shape index (κ3) is 3.44. The average molecular weight is 263 g/mol. The van der Waals surface area contributed by atoms with E-state index >= 15 is 0 Å². The number of nitrogens with zero attached hydrogens (tertiary/aromatic N) is 3. The summed E-state index contributed by atoms with van der Waals surface area (Å²) in [7, 11) is 2.17. The van der Waals surface area contributed by atoms with E-state index in [1.165, 1.54) is 11.4 Å². The van der Waals surface area contributed by atoms with Crippen LogP contribution >= 0.6 is 0 Å². The Labute approximate surface area is 115 Å². The Morgan fingerprint density at radius 2 is 2.05 bits per heavy atom. The Balaban J connectivity index is 1.99. The van der Waals surface area contributed by atoms with Crippen LogP contribution in [0.4, 0.5) is 0 Å². The maximum absolute atomic E-state index is 11.3. The summed E-state index contributed by atoms with van der Waals surface area (Å²) in [5, 5.41) is 4.59. The minimum absolute atomic E-state index is 0.427. The van der Waals surface area contributed by atoms with Crippen LogP contribution in [0.2, 0.25) is 0 Å². The Bertz CT molecular complexity index is 429. The van der Waals surface area contributed by atoms with Gasteiger partial charge in [0.2, 0.25) is 0 Å². The van der Waals surface area contributed by atoms with Crippen LogP contribution < -0.4 is 0 Å². The number of aryl methyl sites for hydroxylation is 2. The second-order valence-corrected chi connectivity index (χ2v) is 5.48. The first-order valence-corrected chi connectivity index (χ1v) is 7.41. The second kappa shape index (κ2) is 6.33. The van der Waals surface area contributed by atoms with Gasteiger partial charge >= 0.3 is 0 Å². The Morgan fingerprint density at radius 3 is 2.63 bits per heavy atom. The predicted molar refractivity (Wildman–Crippen MR) is 76.0 cm³/mol. The number of Topliss-reactive ketones (excluding diaryl/α,β-unsaturated/α-hetero) is 1. The number of ketones is 1. The maximum atomic E-state index is 11.3. The predicted octanol–water partition coefficient (Wildman–Crippen LogP) is 2.41. The van der Waals surface area contributed by atoms with Crippen LogP contribution in [0.1, 0.15) is 50.9 Å². The standard InChI is InChI=1S/C15H25N3O/c1-4-12-10-14(18(5-2)16-12)11-17(3)13-6-8-15(19)9-7-13/h10,13H,4-9,11H2,1-3H3. The van der Waals surface area contributed by atoms with Crippen molar-refractivity contribution in [3.05, 3.63) is 17.5 Å². The van der Waals surface area contributed by atoms with Crippen LogP contribution in [0, 0.1) is 0 Å². The molecule has 4 nitrogen and oxygen atoms in total. The van der Waals surface area contributed by atoms with Crippen molar-refractivity contribution in [1.82, 2.24) is 14.7 Å². The van der Waals surface area contributed by atoms with Crippen LogP contribution in [-0.2, 0) is 24.3 Å². The molecule has 0 spiro atoms. The van der Waals surface area contributed by atoms with Gasteiger partial charge in [-0.25, -0.2) is 0 Å². The van der Waals surface area contributed by atoms with Crippen LogP contribution in [-0.4, -0.2) is 33.6 Å². The summed E-state index contributed by atoms with van der Waals surface area (Å²) in [4.78, 5) is 13.7. The van der Waals surface area contributed by atoms with Gasteiger partial charge in [0, 0.05) is 32.0 Å². The van der Waals surface area contributed by atoms with E-state index in [1.807, 2.05) is 0 Å². The molecule has 0 atom stereocenters. The Morgan fingerprint density at radius 1 is 1.37 bits per heavy atom. The largest absolute Gasteiger partial charge is 0.300 e. The van der Waals surface area contributed by atoms with Crippen molar-refractivity contribution in [2.75, 3.05) is 7.05 Å². The normalized spacial score (nSPS) is 17.4. The smallest absolute Gasteiger partial charge is 0.133 e. The van der Waals surface area contributed by atoms with Crippen molar-refractivity contribution in [2.45, 2.75) is 65.1 Å². The van der Waals surface area contributed by atoms with Crippen LogP contribution in [0.25, 0.3) is 0 Å². The minimum atomic E-state index is 0.427. The number of carbonyl (C=O) groups is 1. The molecule has 0 aliphatic heterocycles. The van der Waals surface area contributed by atoms with Crippen molar-refractivity contribution in [3.63, 3.8) is 0 Å². The summed E-state index contributed by atoms with van der Waals surface area (Å²) >= 11 is 0. The van der Waals surface area contributed by atoms with Gasteiger partial charge in [0.05, 0.1) is 11.4 Å². The topological polar surface area (TPSA) is 38.1 Å². The summed E-state index contributed by atoms with van der Waals surface area (Å²) in [5.41, 5.74) is 2.46. The van der Waals surface area contributed by atoms with Crippen LogP contribution in [0.5, 0.6) is 0 Å². The molecule has 19 heavy (non-hydrogen) atoms. The van der Waals surface area contributed by atoms with Gasteiger partial charge in [-0.1, -0.05) is 6.92 Å². The molecule has 1 aromatic rings. The lowest BCUT2D eigenvalue weighted by atomic mass is 9.93. The molecule has 1 fully saturated rings. The molecule has 2 rings (SSSR count).